The molecular weight excluding hydrogens is 426 g/mol. The topological polar surface area (TPSA) is 63.7 Å². The van der Waals surface area contributed by atoms with E-state index in [1.165, 1.54) is 4.90 Å². The molecule has 0 N–H and O–H groups in total. The largest absolute Gasteiger partial charge is 0.459 e. The van der Waals surface area contributed by atoms with Gasteiger partial charge in [-0.15, -0.1) is 0 Å². The van der Waals surface area contributed by atoms with Crippen molar-refractivity contribution in [2.24, 2.45) is 11.3 Å². The first kappa shape index (κ1) is 20.8. The Hall–Kier alpha value is -3.73. The van der Waals surface area contributed by atoms with Crippen LogP contribution < -0.4 is 4.90 Å². The summed E-state index contributed by atoms with van der Waals surface area (Å²) in [6.45, 7) is 5.54. The third kappa shape index (κ3) is 2.58. The van der Waals surface area contributed by atoms with Crippen molar-refractivity contribution in [3.63, 3.8) is 0 Å². The number of anilines is 1. The maximum atomic E-state index is 14.1. The third-order valence-corrected chi connectivity index (χ3v) is 7.72. The van der Waals surface area contributed by atoms with Crippen LogP contribution >= 0.6 is 0 Å². The zero-order valence-electron chi connectivity index (χ0n) is 19.3. The van der Waals surface area contributed by atoms with Crippen LogP contribution in [-0.4, -0.2) is 23.9 Å². The predicted octanol–water partition coefficient (Wildman–Crippen LogP) is 5.04. The summed E-state index contributed by atoms with van der Waals surface area (Å²) >= 11 is 0. The molecule has 0 radical (unpaired) electrons. The number of esters is 1. The van der Waals surface area contributed by atoms with Gasteiger partial charge in [-0.3, -0.25) is 9.59 Å². The van der Waals surface area contributed by atoms with Crippen molar-refractivity contribution >= 4 is 23.5 Å². The minimum atomic E-state index is -0.875. The lowest BCUT2D eigenvalue weighted by atomic mass is 9.48. The van der Waals surface area contributed by atoms with E-state index < -0.39 is 17.3 Å². The van der Waals surface area contributed by atoms with Gasteiger partial charge in [0.05, 0.1) is 28.7 Å². The molecule has 1 heterocycles. The van der Waals surface area contributed by atoms with E-state index in [0.29, 0.717) is 11.3 Å². The maximum absolute atomic E-state index is 14.1. The van der Waals surface area contributed by atoms with Gasteiger partial charge in [0, 0.05) is 11.8 Å². The van der Waals surface area contributed by atoms with Gasteiger partial charge in [0.2, 0.25) is 11.8 Å². The monoisotopic (exact) mass is 451 g/mol. The number of carbonyl (C=O) groups is 3. The lowest BCUT2D eigenvalue weighted by Crippen LogP contribution is -2.49. The molecule has 3 aromatic carbocycles. The second-order valence-corrected chi connectivity index (χ2v) is 9.91. The molecule has 0 aromatic heterocycles. The fraction of sp³-hybridized carbons (Fsp3) is 0.276. The highest BCUT2D eigenvalue weighted by molar-refractivity contribution is 6.25. The summed E-state index contributed by atoms with van der Waals surface area (Å²) in [5.74, 6) is -1.60. The van der Waals surface area contributed by atoms with Gasteiger partial charge >= 0.3 is 5.97 Å². The Morgan fingerprint density at radius 2 is 1.38 bits per heavy atom. The van der Waals surface area contributed by atoms with E-state index in [-0.39, 0.29) is 29.8 Å². The smallest absolute Gasteiger partial charge is 0.338 e. The van der Waals surface area contributed by atoms with Crippen LogP contribution in [0, 0.1) is 11.3 Å². The van der Waals surface area contributed by atoms with Crippen LogP contribution in [0.5, 0.6) is 0 Å². The minimum absolute atomic E-state index is 0.163. The van der Waals surface area contributed by atoms with Crippen LogP contribution in [-0.2, 0) is 14.3 Å². The van der Waals surface area contributed by atoms with Crippen LogP contribution in [0.3, 0.4) is 0 Å². The van der Waals surface area contributed by atoms with Crippen LogP contribution in [0.25, 0.3) is 0 Å². The van der Waals surface area contributed by atoms with E-state index >= 15 is 0 Å². The Bertz CT molecular complexity index is 1310. The van der Waals surface area contributed by atoms with E-state index in [0.717, 1.165) is 22.3 Å². The van der Waals surface area contributed by atoms with Crippen LogP contribution in [0.4, 0.5) is 5.69 Å². The van der Waals surface area contributed by atoms with E-state index in [2.05, 4.69) is 24.3 Å². The number of amides is 2. The summed E-state index contributed by atoms with van der Waals surface area (Å²) in [7, 11) is 0. The normalized spacial score (nSPS) is 26.4. The SMILES string of the molecule is CC(C)OC(=O)c1ccc(N2C(=O)[C@@H]3C4c5ccccc5C(c5ccccc54)[C@@]3(C)C2=O)cc1. The predicted molar refractivity (Wildman–Crippen MR) is 128 cm³/mol. The van der Waals surface area contributed by atoms with Gasteiger partial charge in [-0.1, -0.05) is 48.5 Å². The Kier molecular flexibility index (Phi) is 4.37. The Morgan fingerprint density at radius 1 is 0.853 bits per heavy atom. The van der Waals surface area contributed by atoms with Gasteiger partial charge in [-0.05, 0) is 67.3 Å². The van der Waals surface area contributed by atoms with E-state index in [4.69, 9.17) is 4.74 Å². The van der Waals surface area contributed by atoms with E-state index in [1.807, 2.05) is 31.2 Å². The molecule has 0 saturated carbocycles. The fourth-order valence-electron chi connectivity index (χ4n) is 6.39. The first-order valence-electron chi connectivity index (χ1n) is 11.7. The Labute approximate surface area is 198 Å². The molecule has 2 amide bonds. The second kappa shape index (κ2) is 7.13. The van der Waals surface area contributed by atoms with Crippen LogP contribution in [0.2, 0.25) is 0 Å². The number of nitrogens with zero attached hydrogens (tertiary/aromatic N) is 1. The molecule has 0 unspecified atom stereocenters. The minimum Gasteiger partial charge on any atom is -0.459 e. The molecule has 1 fully saturated rings. The number of hydrogen-bond donors (Lipinski definition) is 0. The molecule has 34 heavy (non-hydrogen) atoms. The number of imide groups is 1. The number of carbonyl (C=O) groups excluding carboxylic acids is 3. The molecule has 3 aromatic rings. The van der Waals surface area contributed by atoms with Crippen LogP contribution in [0.15, 0.2) is 72.8 Å². The van der Waals surface area contributed by atoms with Gasteiger partial charge in [-0.25, -0.2) is 9.69 Å². The first-order chi connectivity index (χ1) is 16.3. The number of ether oxygens (including phenoxy) is 1. The van der Waals surface area contributed by atoms with Gasteiger partial charge in [0.1, 0.15) is 0 Å². The summed E-state index contributed by atoms with van der Waals surface area (Å²) in [6, 6.07) is 23.0. The molecule has 170 valence electrons. The molecule has 5 nitrogen and oxygen atoms in total. The highest BCUT2D eigenvalue weighted by Crippen LogP contribution is 2.67. The Morgan fingerprint density at radius 3 is 1.91 bits per heavy atom. The molecule has 5 heteroatoms. The summed E-state index contributed by atoms with van der Waals surface area (Å²) in [5, 5.41) is 0. The maximum Gasteiger partial charge on any atom is 0.338 e. The second-order valence-electron chi connectivity index (χ2n) is 9.91. The lowest BCUT2D eigenvalue weighted by molar-refractivity contribution is -0.128. The fourth-order valence-corrected chi connectivity index (χ4v) is 6.39. The van der Waals surface area contributed by atoms with E-state index in [1.54, 1.807) is 38.1 Å². The van der Waals surface area contributed by atoms with Gasteiger partial charge in [-0.2, -0.15) is 0 Å². The number of hydrogen-bond acceptors (Lipinski definition) is 4. The van der Waals surface area contributed by atoms with Crippen molar-refractivity contribution in [1.82, 2.24) is 0 Å². The number of benzene rings is 3. The van der Waals surface area contributed by atoms with Crippen molar-refractivity contribution in [3.8, 4) is 0 Å². The first-order valence-corrected chi connectivity index (χ1v) is 11.7. The third-order valence-electron chi connectivity index (χ3n) is 7.72. The number of rotatable bonds is 3. The lowest BCUT2D eigenvalue weighted by Gasteiger charge is -2.51. The van der Waals surface area contributed by atoms with Crippen molar-refractivity contribution in [1.29, 1.82) is 0 Å². The molecule has 1 saturated heterocycles. The highest BCUT2D eigenvalue weighted by atomic mass is 16.5. The standard InChI is InChI=1S/C29H25NO4/c1-16(2)34-27(32)17-12-14-18(15-13-17)30-26(31)25-23-19-8-4-6-10-21(19)24(29(25,3)28(30)33)22-11-7-5-9-20(22)23/h4-16,23-25H,1-3H3/t23?,24?,25-,29+/m0/s1. The van der Waals surface area contributed by atoms with Crippen LogP contribution in [0.1, 0.15) is 65.2 Å². The zero-order chi connectivity index (χ0) is 23.8. The summed E-state index contributed by atoms with van der Waals surface area (Å²) in [5.41, 5.74) is 4.56. The van der Waals surface area contributed by atoms with Gasteiger partial charge in [0.25, 0.3) is 0 Å². The Balaban J connectivity index is 1.45. The molecule has 2 bridgehead atoms. The molecular formula is C29H25NO4. The molecule has 3 aliphatic carbocycles. The quantitative estimate of drug-likeness (QED) is 0.414. The van der Waals surface area contributed by atoms with Crippen molar-refractivity contribution < 1.29 is 19.1 Å². The van der Waals surface area contributed by atoms with E-state index in [9.17, 15) is 14.4 Å². The van der Waals surface area contributed by atoms with Gasteiger partial charge < -0.3 is 4.74 Å². The molecule has 2 atom stereocenters. The average molecular weight is 452 g/mol. The average Bonchev–Trinajstić information content (AvgIpc) is 3.04. The molecule has 7 rings (SSSR count). The zero-order valence-corrected chi connectivity index (χ0v) is 19.3. The molecule has 1 aliphatic heterocycles. The van der Waals surface area contributed by atoms with Crippen molar-refractivity contribution in [2.45, 2.75) is 38.7 Å². The summed E-state index contributed by atoms with van der Waals surface area (Å²) in [4.78, 5) is 41.6. The highest BCUT2D eigenvalue weighted by Gasteiger charge is 2.68. The van der Waals surface area contributed by atoms with Gasteiger partial charge in [0.15, 0.2) is 0 Å². The molecule has 4 aliphatic rings. The van der Waals surface area contributed by atoms with Crippen molar-refractivity contribution in [2.75, 3.05) is 4.90 Å². The van der Waals surface area contributed by atoms with Crippen molar-refractivity contribution in [3.05, 3.63) is 101 Å². The molecule has 0 spiro atoms. The summed E-state index contributed by atoms with van der Waals surface area (Å²) < 4.78 is 5.26. The summed E-state index contributed by atoms with van der Waals surface area (Å²) in [6.07, 6.45) is -0.226.